The molecule has 0 radical (unpaired) electrons. The first kappa shape index (κ1) is 11.7. The van der Waals surface area contributed by atoms with Crippen LogP contribution in [0.25, 0.3) is 0 Å². The van der Waals surface area contributed by atoms with E-state index in [0.29, 0.717) is 5.56 Å². The van der Waals surface area contributed by atoms with Crippen LogP contribution in [0.2, 0.25) is 0 Å². The summed E-state index contributed by atoms with van der Waals surface area (Å²) in [5, 5.41) is 9.70. The van der Waals surface area contributed by atoms with Gasteiger partial charge in [0.25, 0.3) is 0 Å². The summed E-state index contributed by atoms with van der Waals surface area (Å²) in [5.41, 5.74) is 1.51. The lowest BCUT2D eigenvalue weighted by atomic mass is 10.1. The van der Waals surface area contributed by atoms with Gasteiger partial charge in [0.1, 0.15) is 0 Å². The van der Waals surface area contributed by atoms with E-state index < -0.39 is 11.9 Å². The minimum atomic E-state index is -0.768. The fourth-order valence-electron chi connectivity index (χ4n) is 1.28. The molecule has 0 aromatic heterocycles. The number of methoxy groups -OCH3 is 1. The number of halogens is 1. The third kappa shape index (κ3) is 3.06. The van der Waals surface area contributed by atoms with Gasteiger partial charge in [-0.25, -0.2) is 4.39 Å². The minimum absolute atomic E-state index is 0.183. The van der Waals surface area contributed by atoms with Gasteiger partial charge in [-0.15, -0.1) is 0 Å². The molecular formula is C12H15FO2. The number of ether oxygens (including phenoxy) is 1. The largest absolute Gasteiger partial charge is 0.494 e. The van der Waals surface area contributed by atoms with E-state index in [9.17, 15) is 9.50 Å². The molecule has 15 heavy (non-hydrogen) atoms. The van der Waals surface area contributed by atoms with Gasteiger partial charge in [0.05, 0.1) is 13.2 Å². The molecule has 0 heterocycles. The standard InChI is InChI=1S/C12H15FO2/c1-8(2)6-11(14)9-4-5-12(15-3)10(13)7-9/h4-7,11,14H,1-3H3. The van der Waals surface area contributed by atoms with E-state index in [2.05, 4.69) is 0 Å². The van der Waals surface area contributed by atoms with Crippen LogP contribution in [0.4, 0.5) is 4.39 Å². The fraction of sp³-hybridized carbons (Fsp3) is 0.333. The van der Waals surface area contributed by atoms with Crippen LogP contribution in [0, 0.1) is 5.82 Å². The Bertz CT molecular complexity index is 368. The topological polar surface area (TPSA) is 29.5 Å². The highest BCUT2D eigenvalue weighted by molar-refractivity contribution is 5.32. The fourth-order valence-corrected chi connectivity index (χ4v) is 1.28. The molecule has 0 fully saturated rings. The van der Waals surface area contributed by atoms with Gasteiger partial charge in [-0.1, -0.05) is 17.7 Å². The summed E-state index contributed by atoms with van der Waals surface area (Å²) in [4.78, 5) is 0. The lowest BCUT2D eigenvalue weighted by Gasteiger charge is -2.08. The summed E-state index contributed by atoms with van der Waals surface area (Å²) < 4.78 is 18.1. The second kappa shape index (κ2) is 4.94. The zero-order chi connectivity index (χ0) is 11.4. The molecule has 1 aromatic rings. The minimum Gasteiger partial charge on any atom is -0.494 e. The third-order valence-electron chi connectivity index (χ3n) is 2.01. The molecule has 82 valence electrons. The smallest absolute Gasteiger partial charge is 0.165 e. The zero-order valence-electron chi connectivity index (χ0n) is 9.12. The Morgan fingerprint density at radius 2 is 2.13 bits per heavy atom. The highest BCUT2D eigenvalue weighted by atomic mass is 19.1. The highest BCUT2D eigenvalue weighted by Crippen LogP contribution is 2.23. The van der Waals surface area contributed by atoms with Crippen molar-refractivity contribution in [3.63, 3.8) is 0 Å². The third-order valence-corrected chi connectivity index (χ3v) is 2.01. The number of benzene rings is 1. The van der Waals surface area contributed by atoms with E-state index >= 15 is 0 Å². The molecule has 0 aliphatic carbocycles. The number of rotatable bonds is 3. The lowest BCUT2D eigenvalue weighted by Crippen LogP contribution is -1.96. The van der Waals surface area contributed by atoms with Gasteiger partial charge in [-0.05, 0) is 31.5 Å². The molecule has 0 aliphatic heterocycles. The highest BCUT2D eigenvalue weighted by Gasteiger charge is 2.08. The molecule has 1 unspecified atom stereocenters. The molecule has 0 saturated carbocycles. The molecule has 0 bridgehead atoms. The van der Waals surface area contributed by atoms with Gasteiger partial charge in [-0.2, -0.15) is 0 Å². The van der Waals surface area contributed by atoms with Gasteiger partial charge in [0, 0.05) is 0 Å². The average Bonchev–Trinajstić information content (AvgIpc) is 2.16. The first-order valence-corrected chi connectivity index (χ1v) is 4.71. The maximum absolute atomic E-state index is 13.3. The molecular weight excluding hydrogens is 195 g/mol. The molecule has 1 N–H and O–H groups in total. The summed E-state index contributed by atoms with van der Waals surface area (Å²) >= 11 is 0. The number of hydrogen-bond acceptors (Lipinski definition) is 2. The maximum Gasteiger partial charge on any atom is 0.165 e. The monoisotopic (exact) mass is 210 g/mol. The molecule has 0 aliphatic rings. The Hall–Kier alpha value is -1.35. The molecule has 2 nitrogen and oxygen atoms in total. The van der Waals surface area contributed by atoms with Crippen molar-refractivity contribution in [2.45, 2.75) is 20.0 Å². The Labute approximate surface area is 89.0 Å². The second-order valence-corrected chi connectivity index (χ2v) is 3.58. The molecule has 1 atom stereocenters. The van der Waals surface area contributed by atoms with Gasteiger partial charge >= 0.3 is 0 Å². The van der Waals surface area contributed by atoms with E-state index in [-0.39, 0.29) is 5.75 Å². The lowest BCUT2D eigenvalue weighted by molar-refractivity contribution is 0.227. The molecule has 0 saturated heterocycles. The summed E-state index contributed by atoms with van der Waals surface area (Å²) in [6.07, 6.45) is 0.900. The first-order chi connectivity index (χ1) is 7.04. The zero-order valence-corrected chi connectivity index (χ0v) is 9.12. The van der Waals surface area contributed by atoms with Crippen molar-refractivity contribution < 1.29 is 14.2 Å². The summed E-state index contributed by atoms with van der Waals surface area (Å²) in [6.45, 7) is 3.76. The van der Waals surface area contributed by atoms with Crippen LogP contribution < -0.4 is 4.74 Å². The van der Waals surface area contributed by atoms with Crippen molar-refractivity contribution in [2.24, 2.45) is 0 Å². The second-order valence-electron chi connectivity index (χ2n) is 3.58. The van der Waals surface area contributed by atoms with E-state index in [1.54, 1.807) is 12.1 Å². The Morgan fingerprint density at radius 3 is 2.60 bits per heavy atom. The van der Waals surface area contributed by atoms with E-state index in [4.69, 9.17) is 4.74 Å². The summed E-state index contributed by atoms with van der Waals surface area (Å²) in [5.74, 6) is -0.278. The van der Waals surface area contributed by atoms with Crippen molar-refractivity contribution in [1.29, 1.82) is 0 Å². The van der Waals surface area contributed by atoms with Crippen LogP contribution in [-0.2, 0) is 0 Å². The number of allylic oxidation sites excluding steroid dienone is 1. The molecule has 0 amide bonds. The van der Waals surface area contributed by atoms with E-state index in [0.717, 1.165) is 5.57 Å². The molecule has 0 spiro atoms. The SMILES string of the molecule is COc1ccc(C(O)C=C(C)C)cc1F. The molecule has 1 rings (SSSR count). The van der Waals surface area contributed by atoms with Crippen LogP contribution >= 0.6 is 0 Å². The quantitative estimate of drug-likeness (QED) is 0.777. The van der Waals surface area contributed by atoms with Crippen LogP contribution in [0.3, 0.4) is 0 Å². The molecule has 3 heteroatoms. The molecule has 1 aromatic carbocycles. The predicted octanol–water partition coefficient (Wildman–Crippen LogP) is 2.83. The van der Waals surface area contributed by atoms with Crippen molar-refractivity contribution in [3.05, 3.63) is 41.2 Å². The predicted molar refractivity (Wildman–Crippen MR) is 57.3 cm³/mol. The summed E-state index contributed by atoms with van der Waals surface area (Å²) in [7, 11) is 1.41. The number of aliphatic hydroxyl groups excluding tert-OH is 1. The van der Waals surface area contributed by atoms with Crippen molar-refractivity contribution >= 4 is 0 Å². The number of hydrogen-bond donors (Lipinski definition) is 1. The average molecular weight is 210 g/mol. The van der Waals surface area contributed by atoms with Gasteiger partial charge in [0.2, 0.25) is 0 Å². The summed E-state index contributed by atoms with van der Waals surface area (Å²) in [6, 6.07) is 4.43. The van der Waals surface area contributed by atoms with E-state index in [1.165, 1.54) is 19.2 Å². The Kier molecular flexibility index (Phi) is 3.86. The maximum atomic E-state index is 13.3. The van der Waals surface area contributed by atoms with Crippen LogP contribution in [0.15, 0.2) is 29.8 Å². The van der Waals surface area contributed by atoms with Crippen LogP contribution in [-0.4, -0.2) is 12.2 Å². The Balaban J connectivity index is 2.97. The van der Waals surface area contributed by atoms with Gasteiger partial charge in [-0.3, -0.25) is 0 Å². The first-order valence-electron chi connectivity index (χ1n) is 4.71. The van der Waals surface area contributed by atoms with Crippen molar-refractivity contribution in [2.75, 3.05) is 7.11 Å². The number of aliphatic hydroxyl groups is 1. The van der Waals surface area contributed by atoms with Crippen LogP contribution in [0.1, 0.15) is 25.5 Å². The normalized spacial score (nSPS) is 12.1. The van der Waals surface area contributed by atoms with Crippen molar-refractivity contribution in [1.82, 2.24) is 0 Å². The van der Waals surface area contributed by atoms with Gasteiger partial charge in [0.15, 0.2) is 11.6 Å². The Morgan fingerprint density at radius 1 is 1.47 bits per heavy atom. The van der Waals surface area contributed by atoms with Crippen LogP contribution in [0.5, 0.6) is 5.75 Å². The van der Waals surface area contributed by atoms with Gasteiger partial charge < -0.3 is 9.84 Å². The van der Waals surface area contributed by atoms with E-state index in [1.807, 2.05) is 13.8 Å². The van der Waals surface area contributed by atoms with Crippen molar-refractivity contribution in [3.8, 4) is 5.75 Å².